The Bertz CT molecular complexity index is 1310. The van der Waals surface area contributed by atoms with Gasteiger partial charge in [-0.05, 0) is 39.4 Å². The van der Waals surface area contributed by atoms with Crippen molar-refractivity contribution >= 4 is 0 Å². The van der Waals surface area contributed by atoms with Gasteiger partial charge in [0.15, 0.2) is 0 Å². The Morgan fingerprint density at radius 3 is 1.19 bits per heavy atom. The molecule has 0 saturated heterocycles. The minimum atomic E-state index is 0. The topological polar surface area (TPSA) is 20.2 Å². The molecule has 0 saturated carbocycles. The van der Waals surface area contributed by atoms with Gasteiger partial charge in [-0.25, -0.2) is 0 Å². The molecule has 0 fully saturated rings. The molecular weight excluding hydrogens is 415 g/mol. The molecular formula is C30H23KO. The zero-order valence-corrected chi connectivity index (χ0v) is 21.2. The van der Waals surface area contributed by atoms with E-state index in [2.05, 4.69) is 60.7 Å². The van der Waals surface area contributed by atoms with Crippen molar-refractivity contribution in [1.82, 2.24) is 0 Å². The van der Waals surface area contributed by atoms with Gasteiger partial charge in [-0.2, -0.15) is 0 Å². The van der Waals surface area contributed by atoms with Gasteiger partial charge in [-0.1, -0.05) is 121 Å². The maximum Gasteiger partial charge on any atom is 1.00 e. The molecule has 32 heavy (non-hydrogen) atoms. The van der Waals surface area contributed by atoms with Gasteiger partial charge in [0.25, 0.3) is 0 Å². The first-order valence-corrected chi connectivity index (χ1v) is 10.4. The molecule has 0 aliphatic heterocycles. The van der Waals surface area contributed by atoms with Crippen LogP contribution >= 0.6 is 0 Å². The summed E-state index contributed by atoms with van der Waals surface area (Å²) >= 11 is 0. The largest absolute Gasteiger partial charge is 1.00 e. The summed E-state index contributed by atoms with van der Waals surface area (Å²) in [5.74, 6) is 0.281. The van der Waals surface area contributed by atoms with Gasteiger partial charge in [0.05, 0.1) is 0 Å². The van der Waals surface area contributed by atoms with Crippen molar-refractivity contribution in [2.75, 3.05) is 0 Å². The van der Waals surface area contributed by atoms with E-state index in [0.29, 0.717) is 0 Å². The summed E-state index contributed by atoms with van der Waals surface area (Å²) in [6, 6.07) is 43.1. The Hall–Kier alpha value is -2.46. The van der Waals surface area contributed by atoms with E-state index in [0.717, 1.165) is 44.5 Å². The Morgan fingerprint density at radius 2 is 0.750 bits per heavy atom. The van der Waals surface area contributed by atoms with E-state index in [1.165, 1.54) is 0 Å². The van der Waals surface area contributed by atoms with E-state index in [-0.39, 0.29) is 58.6 Å². The minimum absolute atomic E-state index is 0. The second-order valence-corrected chi connectivity index (χ2v) is 7.53. The van der Waals surface area contributed by atoms with Crippen LogP contribution in [-0.4, -0.2) is 5.11 Å². The van der Waals surface area contributed by atoms with E-state index in [4.69, 9.17) is 0 Å². The number of hydrogen-bond acceptors (Lipinski definition) is 1. The van der Waals surface area contributed by atoms with Crippen molar-refractivity contribution in [3.05, 3.63) is 127 Å². The fourth-order valence-corrected chi connectivity index (χ4v) is 4.21. The quantitative estimate of drug-likeness (QED) is 0.384. The smallest absolute Gasteiger partial charge is 1.00 e. The summed E-state index contributed by atoms with van der Waals surface area (Å²) in [6.45, 7) is 0. The predicted octanol–water partition coefficient (Wildman–Crippen LogP) is 5.18. The van der Waals surface area contributed by atoms with Crippen molar-refractivity contribution in [2.45, 2.75) is 0 Å². The molecule has 0 atom stereocenters. The molecule has 1 nitrogen and oxygen atoms in total. The second-order valence-electron chi connectivity index (χ2n) is 7.53. The van der Waals surface area contributed by atoms with Gasteiger partial charge in [0.1, 0.15) is 5.75 Å². The molecule has 5 rings (SSSR count). The van der Waals surface area contributed by atoms with Crippen molar-refractivity contribution in [3.63, 3.8) is 0 Å². The Labute approximate surface area is 233 Å². The van der Waals surface area contributed by atoms with Gasteiger partial charge < -0.3 is 6.53 Å². The second kappa shape index (κ2) is 10.4. The Kier molecular flexibility index (Phi) is 7.41. The molecule has 5 aromatic rings. The van der Waals surface area contributed by atoms with Crippen LogP contribution in [0.4, 0.5) is 0 Å². The third-order valence-corrected chi connectivity index (χ3v) is 5.58. The van der Waals surface area contributed by atoms with E-state index in [1.54, 1.807) is 0 Å². The van der Waals surface area contributed by atoms with Gasteiger partial charge in [-0.3, -0.25) is 0 Å². The molecule has 0 spiro atoms. The summed E-state index contributed by atoms with van der Waals surface area (Å²) in [5, 5.41) is 11.3. The molecule has 0 aromatic heterocycles. The van der Waals surface area contributed by atoms with E-state index in [9.17, 15) is 5.11 Å². The van der Waals surface area contributed by atoms with E-state index >= 15 is 0 Å². The molecule has 0 amide bonds. The number of aromatic hydroxyl groups is 1. The number of hydrogen-bond donors (Lipinski definition) is 1. The standard InChI is InChI=1S/C30H22O.K.H/c31-27-21-26(22-13-5-1-6-14-22)28(23-15-7-2-8-16-23)30(25-19-11-4-12-20-25)29(27)24-17-9-3-10-18-24;;/h1-21,31H;;/q;+1;-1. The van der Waals surface area contributed by atoms with Crippen molar-refractivity contribution in [3.8, 4) is 50.3 Å². The van der Waals surface area contributed by atoms with Crippen LogP contribution in [0, 0.1) is 0 Å². The van der Waals surface area contributed by atoms with Crippen LogP contribution in [0.1, 0.15) is 1.43 Å². The minimum Gasteiger partial charge on any atom is -1.00 e. The van der Waals surface area contributed by atoms with Gasteiger partial charge >= 0.3 is 51.4 Å². The van der Waals surface area contributed by atoms with E-state index < -0.39 is 0 Å². The molecule has 2 heteroatoms. The zero-order valence-electron chi connectivity index (χ0n) is 19.1. The van der Waals surface area contributed by atoms with Gasteiger partial charge in [-0.15, -0.1) is 0 Å². The SMILES string of the molecule is Oc1cc(-c2ccccc2)c(-c2ccccc2)c(-c2ccccc2)c1-c1ccccc1.[H-].[K+]. The molecule has 0 aliphatic rings. The predicted molar refractivity (Wildman–Crippen MR) is 131 cm³/mol. The fourth-order valence-electron chi connectivity index (χ4n) is 4.21. The van der Waals surface area contributed by atoms with Crippen LogP contribution in [-0.2, 0) is 0 Å². The monoisotopic (exact) mass is 438 g/mol. The molecule has 0 aliphatic carbocycles. The third kappa shape index (κ3) is 4.51. The van der Waals surface area contributed by atoms with E-state index in [1.807, 2.05) is 66.7 Å². The van der Waals surface area contributed by atoms with Crippen LogP contribution in [0.5, 0.6) is 5.75 Å². The maximum atomic E-state index is 11.3. The molecule has 150 valence electrons. The number of phenols is 1. The molecule has 5 aromatic carbocycles. The average molecular weight is 439 g/mol. The molecule has 1 N–H and O–H groups in total. The van der Waals surface area contributed by atoms with Crippen molar-refractivity contribution in [2.24, 2.45) is 0 Å². The van der Waals surface area contributed by atoms with Crippen LogP contribution in [0.15, 0.2) is 127 Å². The first-order valence-electron chi connectivity index (χ1n) is 10.4. The molecule has 0 unspecified atom stereocenters. The first-order chi connectivity index (χ1) is 15.3. The first kappa shape index (κ1) is 22.7. The fraction of sp³-hybridized carbons (Fsp3) is 0. The molecule has 0 radical (unpaired) electrons. The zero-order chi connectivity index (χ0) is 21.0. The molecule has 0 bridgehead atoms. The van der Waals surface area contributed by atoms with Crippen LogP contribution in [0.2, 0.25) is 0 Å². The summed E-state index contributed by atoms with van der Waals surface area (Å²) in [6.07, 6.45) is 0. The number of benzene rings is 5. The summed E-state index contributed by atoms with van der Waals surface area (Å²) in [7, 11) is 0. The van der Waals surface area contributed by atoms with Crippen LogP contribution in [0.25, 0.3) is 44.5 Å². The third-order valence-electron chi connectivity index (χ3n) is 5.58. The Balaban J connectivity index is 0.00000153. The average Bonchev–Trinajstić information content (AvgIpc) is 2.85. The van der Waals surface area contributed by atoms with Crippen molar-refractivity contribution in [1.29, 1.82) is 0 Å². The van der Waals surface area contributed by atoms with Crippen molar-refractivity contribution < 1.29 is 57.9 Å². The van der Waals surface area contributed by atoms with Crippen LogP contribution in [0.3, 0.4) is 0 Å². The Morgan fingerprint density at radius 1 is 0.406 bits per heavy atom. The normalized spacial score (nSPS) is 10.4. The summed E-state index contributed by atoms with van der Waals surface area (Å²) in [4.78, 5) is 0. The summed E-state index contributed by atoms with van der Waals surface area (Å²) in [5.41, 5.74) is 8.30. The maximum absolute atomic E-state index is 11.3. The van der Waals surface area contributed by atoms with Crippen LogP contribution < -0.4 is 51.4 Å². The van der Waals surface area contributed by atoms with Gasteiger partial charge in [0, 0.05) is 11.1 Å². The molecule has 0 heterocycles. The number of rotatable bonds is 4. The van der Waals surface area contributed by atoms with Gasteiger partial charge in [0.2, 0.25) is 0 Å². The summed E-state index contributed by atoms with van der Waals surface area (Å²) < 4.78 is 0. The number of phenolic OH excluding ortho intramolecular Hbond substituents is 1.